The monoisotopic (exact) mass is 466 g/mol. The van der Waals surface area contributed by atoms with E-state index in [4.69, 9.17) is 37.4 Å². The summed E-state index contributed by atoms with van der Waals surface area (Å²) in [6.07, 6.45) is 4.74. The summed E-state index contributed by atoms with van der Waals surface area (Å²) in [7, 11) is 3.05. The van der Waals surface area contributed by atoms with Crippen molar-refractivity contribution in [2.24, 2.45) is 0 Å². The molecule has 0 unspecified atom stereocenters. The molecule has 32 heavy (non-hydrogen) atoms. The molecule has 0 saturated carbocycles. The maximum Gasteiger partial charge on any atom is 0.171 e. The molecule has 0 saturated heterocycles. The van der Waals surface area contributed by atoms with Crippen LogP contribution >= 0.6 is 23.2 Å². The van der Waals surface area contributed by atoms with E-state index in [0.717, 1.165) is 0 Å². The highest BCUT2D eigenvalue weighted by molar-refractivity contribution is 6.37. The molecule has 2 heterocycles. The number of fused-ring (bicyclic) bond motifs is 1. The molecule has 0 aliphatic rings. The molecular formula is C23H16Cl2N4O3. The lowest BCUT2D eigenvalue weighted by Gasteiger charge is -2.16. The zero-order valence-electron chi connectivity index (χ0n) is 17.0. The molecule has 2 aromatic carbocycles. The van der Waals surface area contributed by atoms with Crippen molar-refractivity contribution < 1.29 is 14.2 Å². The van der Waals surface area contributed by atoms with Crippen LogP contribution in [0.5, 0.6) is 23.0 Å². The second kappa shape index (κ2) is 9.18. The van der Waals surface area contributed by atoms with E-state index in [1.54, 1.807) is 48.8 Å². The molecule has 0 radical (unpaired) electrons. The van der Waals surface area contributed by atoms with Gasteiger partial charge in [0.05, 0.1) is 46.7 Å². The number of aromatic nitrogens is 2. The summed E-state index contributed by atoms with van der Waals surface area (Å²) in [5.74, 6) is 1.99. The van der Waals surface area contributed by atoms with Gasteiger partial charge in [0.1, 0.15) is 17.6 Å². The van der Waals surface area contributed by atoms with Crippen molar-refractivity contribution in [3.8, 4) is 29.1 Å². The standard InChI is InChI=1S/C23H16Cl2N4O3/c1-30-20-10-19(16(24)8-17(20)25)29-23-13(11-26)12-28-18-9-22(21(31-2)7-15(18)23)32-14-3-5-27-6-4-14/h3-10,12H,1-2H3,(H,28,29). The Labute approximate surface area is 194 Å². The fraction of sp³-hybridized carbons (Fsp3) is 0.0870. The fourth-order valence-corrected chi connectivity index (χ4v) is 3.62. The highest BCUT2D eigenvalue weighted by Gasteiger charge is 2.17. The minimum Gasteiger partial charge on any atom is -0.495 e. The van der Waals surface area contributed by atoms with Gasteiger partial charge >= 0.3 is 0 Å². The second-order valence-electron chi connectivity index (χ2n) is 6.56. The fourth-order valence-electron chi connectivity index (χ4n) is 3.11. The Morgan fingerprint density at radius 1 is 0.938 bits per heavy atom. The number of nitriles is 1. The Hall–Kier alpha value is -3.73. The average molecular weight is 467 g/mol. The molecule has 4 rings (SSSR count). The highest BCUT2D eigenvalue weighted by Crippen LogP contribution is 2.41. The van der Waals surface area contributed by atoms with E-state index in [2.05, 4.69) is 21.4 Å². The van der Waals surface area contributed by atoms with Gasteiger partial charge in [-0.15, -0.1) is 0 Å². The Balaban J connectivity index is 1.84. The molecule has 0 fully saturated rings. The normalized spacial score (nSPS) is 10.5. The van der Waals surface area contributed by atoms with Crippen LogP contribution in [0.3, 0.4) is 0 Å². The van der Waals surface area contributed by atoms with E-state index in [1.165, 1.54) is 20.4 Å². The van der Waals surface area contributed by atoms with Crippen LogP contribution in [0, 0.1) is 11.3 Å². The largest absolute Gasteiger partial charge is 0.495 e. The van der Waals surface area contributed by atoms with Crippen LogP contribution in [0.1, 0.15) is 5.56 Å². The lowest BCUT2D eigenvalue weighted by Crippen LogP contribution is -1.99. The smallest absolute Gasteiger partial charge is 0.171 e. The van der Waals surface area contributed by atoms with E-state index >= 15 is 0 Å². The van der Waals surface area contributed by atoms with Crippen molar-refractivity contribution in [3.05, 3.63) is 70.6 Å². The van der Waals surface area contributed by atoms with Gasteiger partial charge in [0.15, 0.2) is 11.5 Å². The van der Waals surface area contributed by atoms with Crippen molar-refractivity contribution >= 4 is 45.5 Å². The van der Waals surface area contributed by atoms with Crippen LogP contribution in [0.4, 0.5) is 11.4 Å². The number of hydrogen-bond acceptors (Lipinski definition) is 7. The quantitative estimate of drug-likeness (QED) is 0.353. The first-order valence-corrected chi connectivity index (χ1v) is 10.1. The first kappa shape index (κ1) is 21.5. The molecule has 2 aromatic heterocycles. The van der Waals surface area contributed by atoms with Crippen LogP contribution in [-0.4, -0.2) is 24.2 Å². The molecule has 0 spiro atoms. The third-order valence-electron chi connectivity index (χ3n) is 4.65. The molecule has 1 N–H and O–H groups in total. The van der Waals surface area contributed by atoms with Gasteiger partial charge in [-0.3, -0.25) is 9.97 Å². The summed E-state index contributed by atoms with van der Waals surface area (Å²) < 4.78 is 16.8. The first-order chi connectivity index (χ1) is 15.5. The number of nitrogens with one attached hydrogen (secondary N) is 1. The van der Waals surface area contributed by atoms with Gasteiger partial charge < -0.3 is 19.5 Å². The maximum absolute atomic E-state index is 9.68. The Morgan fingerprint density at radius 2 is 1.69 bits per heavy atom. The van der Waals surface area contributed by atoms with Gasteiger partial charge in [-0.25, -0.2) is 0 Å². The van der Waals surface area contributed by atoms with Crippen molar-refractivity contribution in [2.75, 3.05) is 19.5 Å². The number of hydrogen-bond donors (Lipinski definition) is 1. The molecule has 160 valence electrons. The molecular weight excluding hydrogens is 451 g/mol. The number of anilines is 2. The van der Waals surface area contributed by atoms with Crippen LogP contribution in [-0.2, 0) is 0 Å². The number of methoxy groups -OCH3 is 2. The molecule has 0 amide bonds. The summed E-state index contributed by atoms with van der Waals surface area (Å²) in [4.78, 5) is 8.40. The van der Waals surface area contributed by atoms with Gasteiger partial charge in [-0.05, 0) is 24.3 Å². The predicted molar refractivity (Wildman–Crippen MR) is 124 cm³/mol. The van der Waals surface area contributed by atoms with Gasteiger partial charge in [0.2, 0.25) is 0 Å². The maximum atomic E-state index is 9.68. The number of benzene rings is 2. The SMILES string of the molecule is COc1cc(Nc2c(C#N)cnc3cc(Oc4ccncc4)c(OC)cc23)c(Cl)cc1Cl. The predicted octanol–water partition coefficient (Wildman–Crippen LogP) is 6.36. The van der Waals surface area contributed by atoms with Gasteiger partial charge in [-0.2, -0.15) is 5.26 Å². The van der Waals surface area contributed by atoms with E-state index in [0.29, 0.717) is 60.9 Å². The Kier molecular flexibility index (Phi) is 6.17. The minimum atomic E-state index is 0.326. The summed E-state index contributed by atoms with van der Waals surface area (Å²) in [6, 6.07) is 12.4. The summed E-state index contributed by atoms with van der Waals surface area (Å²) in [5, 5.41) is 14.3. The third-order valence-corrected chi connectivity index (χ3v) is 5.26. The average Bonchev–Trinajstić information content (AvgIpc) is 2.81. The topological polar surface area (TPSA) is 89.3 Å². The number of nitrogens with zero attached hydrogens (tertiary/aromatic N) is 3. The molecule has 0 aliphatic carbocycles. The zero-order valence-corrected chi connectivity index (χ0v) is 18.5. The second-order valence-corrected chi connectivity index (χ2v) is 7.37. The molecule has 4 aromatic rings. The van der Waals surface area contributed by atoms with Crippen molar-refractivity contribution in [2.45, 2.75) is 0 Å². The molecule has 9 heteroatoms. The van der Waals surface area contributed by atoms with Crippen LogP contribution in [0.2, 0.25) is 10.0 Å². The zero-order chi connectivity index (χ0) is 22.7. The number of rotatable bonds is 6. The third kappa shape index (κ3) is 4.19. The van der Waals surface area contributed by atoms with Gasteiger partial charge in [-0.1, -0.05) is 23.2 Å². The number of ether oxygens (including phenoxy) is 3. The summed E-state index contributed by atoms with van der Waals surface area (Å²) in [6.45, 7) is 0. The van der Waals surface area contributed by atoms with Crippen molar-refractivity contribution in [1.82, 2.24) is 9.97 Å². The summed E-state index contributed by atoms with van der Waals surface area (Å²) >= 11 is 12.5. The number of halogens is 2. The number of pyridine rings is 2. The van der Waals surface area contributed by atoms with Gasteiger partial charge in [0, 0.05) is 36.1 Å². The van der Waals surface area contributed by atoms with Crippen molar-refractivity contribution in [3.63, 3.8) is 0 Å². The Morgan fingerprint density at radius 3 is 2.38 bits per heavy atom. The lowest BCUT2D eigenvalue weighted by atomic mass is 10.1. The molecule has 0 aliphatic heterocycles. The van der Waals surface area contributed by atoms with Crippen LogP contribution < -0.4 is 19.5 Å². The molecule has 7 nitrogen and oxygen atoms in total. The van der Waals surface area contributed by atoms with Gasteiger partial charge in [0.25, 0.3) is 0 Å². The van der Waals surface area contributed by atoms with Crippen molar-refractivity contribution in [1.29, 1.82) is 5.26 Å². The first-order valence-electron chi connectivity index (χ1n) is 9.32. The summed E-state index contributed by atoms with van der Waals surface area (Å²) in [5.41, 5.74) is 1.95. The van der Waals surface area contributed by atoms with E-state index in [9.17, 15) is 5.26 Å². The minimum absolute atomic E-state index is 0.326. The van der Waals surface area contributed by atoms with E-state index in [1.807, 2.05) is 0 Å². The molecule has 0 bridgehead atoms. The lowest BCUT2D eigenvalue weighted by molar-refractivity contribution is 0.379. The van der Waals surface area contributed by atoms with E-state index in [-0.39, 0.29) is 0 Å². The van der Waals surface area contributed by atoms with Crippen LogP contribution in [0.25, 0.3) is 10.9 Å². The van der Waals surface area contributed by atoms with Crippen LogP contribution in [0.15, 0.2) is 55.0 Å². The van der Waals surface area contributed by atoms with E-state index < -0.39 is 0 Å². The highest BCUT2D eigenvalue weighted by atomic mass is 35.5. The molecule has 0 atom stereocenters. The Bertz CT molecular complexity index is 1340.